The van der Waals surface area contributed by atoms with Crippen molar-refractivity contribution in [2.24, 2.45) is 5.92 Å². The van der Waals surface area contributed by atoms with E-state index < -0.39 is 17.4 Å². The van der Waals surface area contributed by atoms with Gasteiger partial charge in [-0.1, -0.05) is 17.6 Å². The molecule has 5 rings (SSSR count). The lowest BCUT2D eigenvalue weighted by molar-refractivity contribution is -0.210. The largest absolute Gasteiger partial charge is 0.489 e. The molecule has 7 nitrogen and oxygen atoms in total. The maximum atomic E-state index is 12.9. The molecule has 2 N–H and O–H groups in total. The van der Waals surface area contributed by atoms with Crippen molar-refractivity contribution in [2.45, 2.75) is 36.7 Å². The van der Waals surface area contributed by atoms with Crippen molar-refractivity contribution in [1.82, 2.24) is 10.6 Å². The summed E-state index contributed by atoms with van der Waals surface area (Å²) in [7, 11) is 1.96. The van der Waals surface area contributed by atoms with Crippen LogP contribution in [-0.4, -0.2) is 44.9 Å². The molecule has 3 atom stereocenters. The molecule has 1 aliphatic carbocycles. The van der Waals surface area contributed by atoms with Crippen molar-refractivity contribution < 1.29 is 23.8 Å². The van der Waals surface area contributed by atoms with Crippen LogP contribution in [0.2, 0.25) is 0 Å². The molecule has 1 aromatic carbocycles. The molecule has 0 radical (unpaired) electrons. The normalized spacial score (nSPS) is 35.0. The van der Waals surface area contributed by atoms with Crippen LogP contribution in [0.15, 0.2) is 18.2 Å². The second-order valence-corrected chi connectivity index (χ2v) is 7.33. The lowest BCUT2D eigenvalue weighted by atomic mass is 9.65. The average Bonchev–Trinajstić information content (AvgIpc) is 3.14. The molecule has 0 aromatic heterocycles. The minimum atomic E-state index is -1.08. The van der Waals surface area contributed by atoms with Gasteiger partial charge in [0.1, 0.15) is 19.7 Å². The van der Waals surface area contributed by atoms with Crippen molar-refractivity contribution in [1.29, 1.82) is 0 Å². The zero-order chi connectivity index (χ0) is 17.2. The fourth-order valence-electron chi connectivity index (χ4n) is 4.83. The van der Waals surface area contributed by atoms with Crippen LogP contribution in [0, 0.1) is 5.92 Å². The van der Waals surface area contributed by atoms with Gasteiger partial charge in [0.15, 0.2) is 11.3 Å². The van der Waals surface area contributed by atoms with E-state index in [0.717, 1.165) is 11.0 Å². The first-order chi connectivity index (χ1) is 12.0. The summed E-state index contributed by atoms with van der Waals surface area (Å²) in [6.07, 6.45) is 1.65. The standard InChI is InChI=1S/C17H19BN2O5/c18-9-1-2-12-11(7-9)17(14(21)19-15(22)20-17)10-3-4-16(8-13(10)25-12)23-5-6-24-16/h1-2,7,10,13H,3-6,8,18H2,(H2,19,20,21,22)/t10?,13-,17?/m1/s1. The Labute approximate surface area is 145 Å². The van der Waals surface area contributed by atoms with Crippen LogP contribution < -0.4 is 20.8 Å². The summed E-state index contributed by atoms with van der Waals surface area (Å²) in [5.41, 5.74) is 0.673. The Balaban J connectivity index is 1.63. The summed E-state index contributed by atoms with van der Waals surface area (Å²) in [5.74, 6) is -0.443. The van der Waals surface area contributed by atoms with Crippen molar-refractivity contribution >= 4 is 25.2 Å². The summed E-state index contributed by atoms with van der Waals surface area (Å²) >= 11 is 0. The number of fused-ring (bicyclic) bond motifs is 4. The summed E-state index contributed by atoms with van der Waals surface area (Å²) in [5, 5.41) is 5.34. The quantitative estimate of drug-likeness (QED) is 0.480. The van der Waals surface area contributed by atoms with E-state index >= 15 is 0 Å². The molecular formula is C17H19BN2O5. The highest BCUT2D eigenvalue weighted by atomic mass is 16.7. The minimum absolute atomic E-state index is 0.160. The van der Waals surface area contributed by atoms with E-state index in [2.05, 4.69) is 10.6 Å². The van der Waals surface area contributed by atoms with Gasteiger partial charge >= 0.3 is 6.03 Å². The van der Waals surface area contributed by atoms with Crippen LogP contribution >= 0.6 is 0 Å². The molecule has 3 amide bonds. The Bertz CT molecular complexity index is 778. The number of ether oxygens (including phenoxy) is 3. The Kier molecular flexibility index (Phi) is 3.03. The zero-order valence-electron chi connectivity index (χ0n) is 14.0. The van der Waals surface area contributed by atoms with E-state index in [0.29, 0.717) is 38.2 Å². The lowest BCUT2D eigenvalue weighted by Crippen LogP contribution is -2.61. The van der Waals surface area contributed by atoms with Gasteiger partial charge in [-0.25, -0.2) is 4.79 Å². The number of hydrogen-bond donors (Lipinski definition) is 2. The van der Waals surface area contributed by atoms with Gasteiger partial charge in [0.05, 0.1) is 13.2 Å². The maximum absolute atomic E-state index is 12.9. The predicted molar refractivity (Wildman–Crippen MR) is 89.4 cm³/mol. The summed E-state index contributed by atoms with van der Waals surface area (Å²) < 4.78 is 17.9. The number of nitrogens with one attached hydrogen (secondary N) is 2. The molecule has 2 unspecified atom stereocenters. The average molecular weight is 342 g/mol. The molecule has 3 aliphatic heterocycles. The fourth-order valence-corrected chi connectivity index (χ4v) is 4.83. The first-order valence-electron chi connectivity index (χ1n) is 8.72. The van der Waals surface area contributed by atoms with Gasteiger partial charge in [-0.2, -0.15) is 0 Å². The van der Waals surface area contributed by atoms with E-state index in [4.69, 9.17) is 14.2 Å². The number of carbonyl (C=O) groups excluding carboxylic acids is 2. The topological polar surface area (TPSA) is 85.9 Å². The van der Waals surface area contributed by atoms with Crippen LogP contribution in [-0.2, 0) is 19.8 Å². The third kappa shape index (κ3) is 2.01. The summed E-state index contributed by atoms with van der Waals surface area (Å²) in [4.78, 5) is 24.9. The second-order valence-electron chi connectivity index (χ2n) is 7.33. The van der Waals surface area contributed by atoms with Crippen LogP contribution in [0.3, 0.4) is 0 Å². The number of urea groups is 1. The molecule has 3 heterocycles. The smallest absolute Gasteiger partial charge is 0.322 e. The Morgan fingerprint density at radius 2 is 2.00 bits per heavy atom. The second kappa shape index (κ2) is 4.99. The number of carbonyl (C=O) groups is 2. The third-order valence-electron chi connectivity index (χ3n) is 5.90. The highest BCUT2D eigenvalue weighted by Crippen LogP contribution is 2.52. The molecule has 3 fully saturated rings. The highest BCUT2D eigenvalue weighted by molar-refractivity contribution is 6.32. The van der Waals surface area contributed by atoms with Crippen LogP contribution in [0.5, 0.6) is 5.75 Å². The molecule has 1 aromatic rings. The molecule has 25 heavy (non-hydrogen) atoms. The van der Waals surface area contributed by atoms with Crippen molar-refractivity contribution in [3.63, 3.8) is 0 Å². The molecule has 4 aliphatic rings. The fraction of sp³-hybridized carbons (Fsp3) is 0.529. The van der Waals surface area contributed by atoms with Gasteiger partial charge in [0.25, 0.3) is 5.91 Å². The van der Waals surface area contributed by atoms with E-state index in [1.807, 2.05) is 26.0 Å². The van der Waals surface area contributed by atoms with Crippen LogP contribution in [0.25, 0.3) is 0 Å². The van der Waals surface area contributed by atoms with Crippen molar-refractivity contribution in [3.8, 4) is 5.75 Å². The van der Waals surface area contributed by atoms with Gasteiger partial charge in [-0.15, -0.1) is 0 Å². The van der Waals surface area contributed by atoms with Gasteiger partial charge in [0, 0.05) is 24.3 Å². The number of imide groups is 1. The number of amides is 3. The number of hydrogen-bond acceptors (Lipinski definition) is 5. The van der Waals surface area contributed by atoms with E-state index in [1.54, 1.807) is 0 Å². The summed E-state index contributed by atoms with van der Waals surface area (Å²) in [6.45, 7) is 1.16. The van der Waals surface area contributed by atoms with Crippen molar-refractivity contribution in [2.75, 3.05) is 13.2 Å². The molecule has 8 heteroatoms. The molecular weight excluding hydrogens is 323 g/mol. The third-order valence-corrected chi connectivity index (χ3v) is 5.90. The first-order valence-corrected chi connectivity index (χ1v) is 8.72. The Hall–Kier alpha value is -2.06. The Morgan fingerprint density at radius 3 is 2.72 bits per heavy atom. The maximum Gasteiger partial charge on any atom is 0.322 e. The SMILES string of the molecule is Bc1ccc2c(c1)C1(NC(=O)NC1=O)C1CCC3(C[C@H]1O2)OCCO3. The minimum Gasteiger partial charge on any atom is -0.489 e. The Morgan fingerprint density at radius 1 is 1.20 bits per heavy atom. The first kappa shape index (κ1) is 15.2. The monoisotopic (exact) mass is 342 g/mol. The van der Waals surface area contributed by atoms with Gasteiger partial charge in [-0.05, 0) is 12.5 Å². The zero-order valence-corrected chi connectivity index (χ0v) is 14.0. The van der Waals surface area contributed by atoms with E-state index in [-0.39, 0.29) is 17.9 Å². The van der Waals surface area contributed by atoms with Crippen LogP contribution in [0.4, 0.5) is 4.79 Å². The molecule has 2 saturated heterocycles. The lowest BCUT2D eigenvalue weighted by Gasteiger charge is -2.50. The van der Waals surface area contributed by atoms with Crippen molar-refractivity contribution in [3.05, 3.63) is 23.8 Å². The predicted octanol–water partition coefficient (Wildman–Crippen LogP) is -0.716. The summed E-state index contributed by atoms with van der Waals surface area (Å²) in [6, 6.07) is 5.30. The highest BCUT2D eigenvalue weighted by Gasteiger charge is 2.63. The number of benzene rings is 1. The van der Waals surface area contributed by atoms with Gasteiger partial charge in [0.2, 0.25) is 0 Å². The molecule has 130 valence electrons. The molecule has 0 bridgehead atoms. The number of rotatable bonds is 0. The van der Waals surface area contributed by atoms with Gasteiger partial charge in [-0.3, -0.25) is 10.1 Å². The molecule has 1 saturated carbocycles. The van der Waals surface area contributed by atoms with E-state index in [9.17, 15) is 9.59 Å². The molecule has 2 spiro atoms. The van der Waals surface area contributed by atoms with Gasteiger partial charge < -0.3 is 19.5 Å². The van der Waals surface area contributed by atoms with E-state index in [1.165, 1.54) is 0 Å². The van der Waals surface area contributed by atoms with Crippen LogP contribution in [0.1, 0.15) is 24.8 Å².